The molecule has 5 nitrogen and oxygen atoms in total. The van der Waals surface area contributed by atoms with Crippen LogP contribution < -0.4 is 0 Å². The highest BCUT2D eigenvalue weighted by Crippen LogP contribution is 2.36. The van der Waals surface area contributed by atoms with Gasteiger partial charge in [0.1, 0.15) is 0 Å². The van der Waals surface area contributed by atoms with E-state index in [4.69, 9.17) is 19.6 Å². The number of ether oxygens (including phenoxy) is 2. The number of benzene rings is 2. The van der Waals surface area contributed by atoms with Crippen LogP contribution in [0.2, 0.25) is 0 Å². The number of aromatic nitrogens is 3. The quantitative estimate of drug-likeness (QED) is 0.385. The smallest absolute Gasteiger partial charge is 0.0795 e. The maximum Gasteiger partial charge on any atom is 0.0795 e. The lowest BCUT2D eigenvalue weighted by molar-refractivity contribution is 0.0675. The van der Waals surface area contributed by atoms with E-state index < -0.39 is 0 Å². The molecule has 0 aliphatic carbocycles. The van der Waals surface area contributed by atoms with Gasteiger partial charge >= 0.3 is 0 Å². The second-order valence-electron chi connectivity index (χ2n) is 9.64. The Hall–Kier alpha value is -2.76. The summed E-state index contributed by atoms with van der Waals surface area (Å²) in [4.78, 5) is 4.81. The Balaban J connectivity index is 1.42. The summed E-state index contributed by atoms with van der Waals surface area (Å²) in [5.41, 5.74) is 8.92. The van der Waals surface area contributed by atoms with Crippen LogP contribution in [-0.4, -0.2) is 41.2 Å². The Labute approximate surface area is 194 Å². The van der Waals surface area contributed by atoms with E-state index in [9.17, 15) is 0 Å². The number of fused-ring (bicyclic) bond motifs is 3. The Morgan fingerprint density at radius 2 is 1.55 bits per heavy atom. The Bertz CT molecular complexity index is 1290. The van der Waals surface area contributed by atoms with E-state index in [-0.39, 0.29) is 0 Å². The summed E-state index contributed by atoms with van der Waals surface area (Å²) in [6, 6.07) is 11.9. The first-order valence-corrected chi connectivity index (χ1v) is 12.2. The molecule has 4 aromatic rings. The number of aryl methyl sites for hydroxylation is 2. The van der Waals surface area contributed by atoms with E-state index in [1.54, 1.807) is 0 Å². The summed E-state index contributed by atoms with van der Waals surface area (Å²) >= 11 is 0. The van der Waals surface area contributed by atoms with Crippen molar-refractivity contribution in [1.29, 1.82) is 0 Å². The van der Waals surface area contributed by atoms with Crippen molar-refractivity contribution in [3.8, 4) is 11.1 Å². The third kappa shape index (κ3) is 3.73. The van der Waals surface area contributed by atoms with Gasteiger partial charge in [0.25, 0.3) is 0 Å². The fourth-order valence-corrected chi connectivity index (χ4v) is 5.81. The van der Waals surface area contributed by atoms with Crippen LogP contribution in [0.5, 0.6) is 0 Å². The molecule has 4 heterocycles. The second-order valence-corrected chi connectivity index (χ2v) is 9.64. The molecule has 0 amide bonds. The van der Waals surface area contributed by atoms with Gasteiger partial charge in [0.05, 0.1) is 23.3 Å². The van der Waals surface area contributed by atoms with Gasteiger partial charge in [0, 0.05) is 43.4 Å². The Morgan fingerprint density at radius 1 is 0.848 bits per heavy atom. The van der Waals surface area contributed by atoms with Crippen LogP contribution in [0.1, 0.15) is 54.3 Å². The van der Waals surface area contributed by atoms with Crippen molar-refractivity contribution in [2.75, 3.05) is 26.4 Å². The van der Waals surface area contributed by atoms with Crippen molar-refractivity contribution in [2.45, 2.75) is 51.5 Å². The molecule has 2 aromatic heterocycles. The Kier molecular flexibility index (Phi) is 5.39. The summed E-state index contributed by atoms with van der Waals surface area (Å²) in [7, 11) is 0. The number of hydrogen-bond acceptors (Lipinski definition) is 4. The molecular formula is C28H31N3O2. The fraction of sp³-hybridized carbons (Fsp3) is 0.429. The van der Waals surface area contributed by atoms with Gasteiger partial charge in [-0.2, -0.15) is 5.10 Å². The highest BCUT2D eigenvalue weighted by atomic mass is 16.5. The van der Waals surface area contributed by atoms with Crippen molar-refractivity contribution < 1.29 is 9.47 Å². The lowest BCUT2D eigenvalue weighted by atomic mass is 9.86. The van der Waals surface area contributed by atoms with Gasteiger partial charge in [-0.05, 0) is 79.3 Å². The molecule has 5 heteroatoms. The molecule has 2 aromatic carbocycles. The van der Waals surface area contributed by atoms with Gasteiger partial charge in [-0.3, -0.25) is 9.67 Å². The zero-order valence-corrected chi connectivity index (χ0v) is 19.5. The number of hydrogen-bond donors (Lipinski definition) is 0. The molecule has 0 spiro atoms. The molecule has 2 aliphatic rings. The number of rotatable bonds is 3. The molecule has 0 atom stereocenters. The molecule has 2 saturated heterocycles. The van der Waals surface area contributed by atoms with E-state index >= 15 is 0 Å². The average Bonchev–Trinajstić information content (AvgIpc) is 3.29. The molecule has 0 saturated carbocycles. The Morgan fingerprint density at radius 3 is 2.27 bits per heavy atom. The topological polar surface area (TPSA) is 49.2 Å². The van der Waals surface area contributed by atoms with Gasteiger partial charge in [0.2, 0.25) is 0 Å². The summed E-state index contributed by atoms with van der Waals surface area (Å²) in [5.74, 6) is 0.613. The van der Waals surface area contributed by atoms with Crippen LogP contribution >= 0.6 is 0 Å². The maximum atomic E-state index is 5.57. The molecule has 6 rings (SSSR count). The molecule has 0 radical (unpaired) electrons. The predicted molar refractivity (Wildman–Crippen MR) is 132 cm³/mol. The third-order valence-electron chi connectivity index (χ3n) is 7.49. The van der Waals surface area contributed by atoms with Gasteiger partial charge in [-0.25, -0.2) is 0 Å². The van der Waals surface area contributed by atoms with E-state index in [0.29, 0.717) is 12.0 Å². The number of pyridine rings is 1. The molecule has 0 N–H and O–H groups in total. The summed E-state index contributed by atoms with van der Waals surface area (Å²) < 4.78 is 13.3. The van der Waals surface area contributed by atoms with E-state index in [2.05, 4.69) is 48.9 Å². The van der Waals surface area contributed by atoms with Crippen molar-refractivity contribution in [1.82, 2.24) is 14.8 Å². The molecule has 0 unspecified atom stereocenters. The third-order valence-corrected chi connectivity index (χ3v) is 7.49. The van der Waals surface area contributed by atoms with Crippen molar-refractivity contribution >= 4 is 21.8 Å². The fourth-order valence-electron chi connectivity index (χ4n) is 5.81. The molecule has 0 bridgehead atoms. The first-order valence-electron chi connectivity index (χ1n) is 12.2. The normalized spacial score (nSPS) is 18.4. The van der Waals surface area contributed by atoms with Crippen LogP contribution in [-0.2, 0) is 9.47 Å². The predicted octanol–water partition coefficient (Wildman–Crippen LogP) is 6.11. The zero-order valence-electron chi connectivity index (χ0n) is 19.5. The van der Waals surface area contributed by atoms with Gasteiger partial charge in [-0.15, -0.1) is 0 Å². The van der Waals surface area contributed by atoms with Crippen molar-refractivity contribution in [2.24, 2.45) is 0 Å². The van der Waals surface area contributed by atoms with Crippen LogP contribution in [0, 0.1) is 13.8 Å². The largest absolute Gasteiger partial charge is 0.381 e. The van der Waals surface area contributed by atoms with E-state index in [1.165, 1.54) is 38.7 Å². The minimum Gasteiger partial charge on any atom is -0.381 e. The van der Waals surface area contributed by atoms with Gasteiger partial charge < -0.3 is 9.47 Å². The highest BCUT2D eigenvalue weighted by molar-refractivity contribution is 6.04. The SMILES string of the molecule is Cc1cc(C2CCOCC2)cc(C)c1-c1ccc2c(c1)ncc1cnn(C3CCOCC3)c12. The summed E-state index contributed by atoms with van der Waals surface area (Å²) in [5, 5.41) is 7.03. The van der Waals surface area contributed by atoms with Crippen LogP contribution in [0.25, 0.3) is 32.9 Å². The monoisotopic (exact) mass is 441 g/mol. The van der Waals surface area contributed by atoms with Gasteiger partial charge in [-0.1, -0.05) is 24.3 Å². The standard InChI is InChI=1S/C28H31N3O2/c1-18-13-22(20-5-9-32-10-6-20)14-19(2)27(18)21-3-4-25-26(15-21)29-16-23-17-30-31(28(23)25)24-7-11-33-12-8-24/h3-4,13-17,20,24H,5-12H2,1-2H3. The minimum absolute atomic E-state index is 0.392. The summed E-state index contributed by atoms with van der Waals surface area (Å²) in [6.07, 6.45) is 8.18. The van der Waals surface area contributed by atoms with Crippen molar-refractivity contribution in [3.63, 3.8) is 0 Å². The van der Waals surface area contributed by atoms with Crippen molar-refractivity contribution in [3.05, 3.63) is 59.4 Å². The zero-order chi connectivity index (χ0) is 22.4. The molecular weight excluding hydrogens is 410 g/mol. The van der Waals surface area contributed by atoms with Crippen LogP contribution in [0.4, 0.5) is 0 Å². The van der Waals surface area contributed by atoms with E-state index in [1.807, 2.05) is 12.4 Å². The minimum atomic E-state index is 0.392. The molecule has 2 fully saturated rings. The molecule has 33 heavy (non-hydrogen) atoms. The van der Waals surface area contributed by atoms with Gasteiger partial charge in [0.15, 0.2) is 0 Å². The average molecular weight is 442 g/mol. The molecule has 2 aliphatic heterocycles. The van der Waals surface area contributed by atoms with Crippen LogP contribution in [0.15, 0.2) is 42.7 Å². The highest BCUT2D eigenvalue weighted by Gasteiger charge is 2.21. The first kappa shape index (κ1) is 20.8. The maximum absolute atomic E-state index is 5.57. The lowest BCUT2D eigenvalue weighted by Crippen LogP contribution is -2.20. The van der Waals surface area contributed by atoms with Crippen LogP contribution in [0.3, 0.4) is 0 Å². The lowest BCUT2D eigenvalue weighted by Gasteiger charge is -2.24. The second kappa shape index (κ2) is 8.54. The number of nitrogens with zero attached hydrogens (tertiary/aromatic N) is 3. The first-order chi connectivity index (χ1) is 16.2. The summed E-state index contributed by atoms with van der Waals surface area (Å²) in [6.45, 7) is 7.85. The molecule has 170 valence electrons. The van der Waals surface area contributed by atoms with E-state index in [0.717, 1.165) is 63.0 Å².